The van der Waals surface area contributed by atoms with Crippen molar-refractivity contribution in [3.63, 3.8) is 0 Å². The lowest BCUT2D eigenvalue weighted by molar-refractivity contribution is 0.188. The highest BCUT2D eigenvalue weighted by Gasteiger charge is 2.31. The largest absolute Gasteiger partial charge is 0.380 e. The quantitative estimate of drug-likeness (QED) is 0.844. The molecular weight excluding hydrogens is 332 g/mol. The Balaban J connectivity index is 1.71. The number of allylic oxidation sites excluding steroid dienone is 1. The number of nitrogens with zero attached hydrogens (tertiary/aromatic N) is 3. The summed E-state index contributed by atoms with van der Waals surface area (Å²) in [7, 11) is 0. The zero-order chi connectivity index (χ0) is 14.8. The first-order valence-electron chi connectivity index (χ1n) is 7.56. The topological polar surface area (TPSA) is 50.2 Å². The molecule has 3 heterocycles. The minimum atomic E-state index is -0.113. The standard InChI is InChI=1S/C15H21BrN4O/c1-2-6-20-15(21)14(16)13(10-17-20)18-11-5-8-19-7-3-4-12(19)9-11/h2,10-12,18H,1,3-9H2. The Morgan fingerprint density at radius 1 is 1.48 bits per heavy atom. The van der Waals surface area contributed by atoms with Crippen molar-refractivity contribution in [1.82, 2.24) is 14.7 Å². The average Bonchev–Trinajstić information content (AvgIpc) is 2.94. The summed E-state index contributed by atoms with van der Waals surface area (Å²) in [4.78, 5) is 14.8. The van der Waals surface area contributed by atoms with Crippen molar-refractivity contribution < 1.29 is 0 Å². The summed E-state index contributed by atoms with van der Waals surface area (Å²) in [6.07, 6.45) is 8.30. The highest BCUT2D eigenvalue weighted by molar-refractivity contribution is 9.10. The molecule has 0 aromatic carbocycles. The molecule has 0 spiro atoms. The first-order valence-corrected chi connectivity index (χ1v) is 8.35. The van der Waals surface area contributed by atoms with Gasteiger partial charge in [0.1, 0.15) is 4.47 Å². The van der Waals surface area contributed by atoms with Crippen LogP contribution in [0.2, 0.25) is 0 Å². The van der Waals surface area contributed by atoms with Gasteiger partial charge in [-0.3, -0.25) is 4.79 Å². The second-order valence-electron chi connectivity index (χ2n) is 5.85. The number of halogens is 1. The van der Waals surface area contributed by atoms with Crippen LogP contribution in [0.5, 0.6) is 0 Å². The van der Waals surface area contributed by atoms with Gasteiger partial charge in [0.15, 0.2) is 0 Å². The van der Waals surface area contributed by atoms with Crippen LogP contribution in [0.1, 0.15) is 25.7 Å². The van der Waals surface area contributed by atoms with E-state index in [1.54, 1.807) is 12.3 Å². The summed E-state index contributed by atoms with van der Waals surface area (Å²) >= 11 is 3.40. The fourth-order valence-corrected chi connectivity index (χ4v) is 3.81. The first kappa shape index (κ1) is 14.8. The Hall–Kier alpha value is -1.14. The van der Waals surface area contributed by atoms with Crippen LogP contribution in [0, 0.1) is 0 Å². The van der Waals surface area contributed by atoms with Gasteiger partial charge < -0.3 is 10.2 Å². The van der Waals surface area contributed by atoms with Crippen LogP contribution >= 0.6 is 15.9 Å². The zero-order valence-electron chi connectivity index (χ0n) is 12.1. The molecule has 6 heteroatoms. The monoisotopic (exact) mass is 352 g/mol. The summed E-state index contributed by atoms with van der Waals surface area (Å²) in [6, 6.07) is 1.14. The maximum atomic E-state index is 12.2. The van der Waals surface area contributed by atoms with Crippen molar-refractivity contribution in [3.05, 3.63) is 33.7 Å². The third-order valence-corrected chi connectivity index (χ3v) is 5.23. The molecule has 2 aliphatic rings. The van der Waals surface area contributed by atoms with E-state index in [-0.39, 0.29) is 5.56 Å². The first-order chi connectivity index (χ1) is 10.2. The van der Waals surface area contributed by atoms with Crippen molar-refractivity contribution in [2.45, 2.75) is 44.3 Å². The second kappa shape index (κ2) is 6.32. The van der Waals surface area contributed by atoms with Crippen LogP contribution in [-0.4, -0.2) is 39.9 Å². The van der Waals surface area contributed by atoms with Gasteiger partial charge in [-0.25, -0.2) is 4.68 Å². The van der Waals surface area contributed by atoms with Crippen molar-refractivity contribution >= 4 is 21.6 Å². The van der Waals surface area contributed by atoms with Crippen molar-refractivity contribution in [3.8, 4) is 0 Å². The molecule has 0 saturated carbocycles. The van der Waals surface area contributed by atoms with Gasteiger partial charge in [-0.2, -0.15) is 5.10 Å². The fraction of sp³-hybridized carbons (Fsp3) is 0.600. The Bertz CT molecular complexity index is 586. The Kier molecular flexibility index (Phi) is 4.45. The molecule has 1 aromatic rings. The molecule has 1 aromatic heterocycles. The second-order valence-corrected chi connectivity index (χ2v) is 6.64. The molecule has 1 N–H and O–H groups in total. The number of aromatic nitrogens is 2. The fourth-order valence-electron chi connectivity index (χ4n) is 3.39. The normalized spacial score (nSPS) is 25.6. The van der Waals surface area contributed by atoms with Crippen LogP contribution in [-0.2, 0) is 6.54 Å². The van der Waals surface area contributed by atoms with Crippen LogP contribution in [0.3, 0.4) is 0 Å². The van der Waals surface area contributed by atoms with E-state index in [0.717, 1.165) is 25.1 Å². The van der Waals surface area contributed by atoms with E-state index in [9.17, 15) is 4.79 Å². The Labute approximate surface area is 133 Å². The molecule has 0 aliphatic carbocycles. The highest BCUT2D eigenvalue weighted by Crippen LogP contribution is 2.29. The highest BCUT2D eigenvalue weighted by atomic mass is 79.9. The average molecular weight is 353 g/mol. The number of hydrogen-bond donors (Lipinski definition) is 1. The molecule has 0 radical (unpaired) electrons. The van der Waals surface area contributed by atoms with Gasteiger partial charge in [0.25, 0.3) is 5.56 Å². The number of piperidine rings is 1. The van der Waals surface area contributed by atoms with Crippen molar-refractivity contribution in [2.24, 2.45) is 0 Å². The molecule has 2 atom stereocenters. The molecule has 3 rings (SSSR count). The van der Waals surface area contributed by atoms with E-state index >= 15 is 0 Å². The van der Waals surface area contributed by atoms with Gasteiger partial charge in [0.05, 0.1) is 18.4 Å². The third-order valence-electron chi connectivity index (χ3n) is 4.47. The summed E-state index contributed by atoms with van der Waals surface area (Å²) in [6.45, 7) is 6.47. The molecule has 114 valence electrons. The summed E-state index contributed by atoms with van der Waals surface area (Å²) < 4.78 is 1.97. The molecule has 5 nitrogen and oxygen atoms in total. The van der Waals surface area contributed by atoms with Crippen molar-refractivity contribution in [1.29, 1.82) is 0 Å². The smallest absolute Gasteiger partial charge is 0.283 e. The molecule has 2 unspecified atom stereocenters. The number of nitrogens with one attached hydrogen (secondary N) is 1. The minimum Gasteiger partial charge on any atom is -0.380 e. The van der Waals surface area contributed by atoms with E-state index in [0.29, 0.717) is 23.1 Å². The molecule has 0 amide bonds. The maximum Gasteiger partial charge on any atom is 0.283 e. The summed E-state index contributed by atoms with van der Waals surface area (Å²) in [5.41, 5.74) is 0.690. The van der Waals surface area contributed by atoms with E-state index in [4.69, 9.17) is 0 Å². The van der Waals surface area contributed by atoms with Gasteiger partial charge in [-0.05, 0) is 48.2 Å². The molecule has 2 saturated heterocycles. The van der Waals surface area contributed by atoms with Gasteiger partial charge in [-0.1, -0.05) is 6.08 Å². The van der Waals surface area contributed by atoms with E-state index < -0.39 is 0 Å². The Morgan fingerprint density at radius 3 is 3.14 bits per heavy atom. The lowest BCUT2D eigenvalue weighted by Crippen LogP contribution is -2.43. The van der Waals surface area contributed by atoms with E-state index in [1.165, 1.54) is 24.1 Å². The maximum absolute atomic E-state index is 12.2. The lowest BCUT2D eigenvalue weighted by atomic mass is 9.97. The molecule has 2 fully saturated rings. The number of hydrogen-bond acceptors (Lipinski definition) is 4. The van der Waals surface area contributed by atoms with Crippen LogP contribution in [0.15, 0.2) is 28.1 Å². The van der Waals surface area contributed by atoms with Crippen LogP contribution < -0.4 is 10.9 Å². The predicted octanol–water partition coefficient (Wildman–Crippen LogP) is 2.23. The minimum absolute atomic E-state index is 0.113. The van der Waals surface area contributed by atoms with Gasteiger partial charge in [-0.15, -0.1) is 6.58 Å². The molecule has 2 aliphatic heterocycles. The predicted molar refractivity (Wildman–Crippen MR) is 87.6 cm³/mol. The summed E-state index contributed by atoms with van der Waals surface area (Å²) in [5, 5.41) is 7.69. The van der Waals surface area contributed by atoms with Gasteiger partial charge in [0, 0.05) is 18.6 Å². The van der Waals surface area contributed by atoms with Crippen LogP contribution in [0.25, 0.3) is 0 Å². The number of rotatable bonds is 4. The van der Waals surface area contributed by atoms with Gasteiger partial charge in [0.2, 0.25) is 0 Å². The van der Waals surface area contributed by atoms with E-state index in [1.807, 2.05) is 0 Å². The van der Waals surface area contributed by atoms with Gasteiger partial charge >= 0.3 is 0 Å². The molecule has 0 bridgehead atoms. The number of anilines is 1. The SMILES string of the molecule is C=CCn1ncc(NC2CCN3CCCC3C2)c(Br)c1=O. The zero-order valence-corrected chi connectivity index (χ0v) is 13.7. The van der Waals surface area contributed by atoms with Crippen LogP contribution in [0.4, 0.5) is 5.69 Å². The van der Waals surface area contributed by atoms with Crippen molar-refractivity contribution in [2.75, 3.05) is 18.4 Å². The summed E-state index contributed by atoms with van der Waals surface area (Å²) in [5.74, 6) is 0. The third kappa shape index (κ3) is 3.06. The Morgan fingerprint density at radius 2 is 2.33 bits per heavy atom. The molecular formula is C15H21BrN4O. The number of fused-ring (bicyclic) bond motifs is 1. The molecule has 21 heavy (non-hydrogen) atoms. The lowest BCUT2D eigenvalue weighted by Gasteiger charge is -2.35. The van der Waals surface area contributed by atoms with E-state index in [2.05, 4.69) is 37.8 Å².